The Kier molecular flexibility index (Phi) is 10.4. The van der Waals surface area contributed by atoms with Crippen LogP contribution in [0.3, 0.4) is 0 Å². The monoisotopic (exact) mass is 428 g/mol. The van der Waals surface area contributed by atoms with Crippen molar-refractivity contribution in [2.45, 2.75) is 39.5 Å². The number of rotatable bonds is 10. The summed E-state index contributed by atoms with van der Waals surface area (Å²) in [6.07, 6.45) is 0.794. The van der Waals surface area contributed by atoms with Crippen LogP contribution in [0.25, 0.3) is 0 Å². The molecule has 2 unspecified atom stereocenters. The maximum absolute atomic E-state index is 12.7. The first-order chi connectivity index (χ1) is 13.4. The van der Waals surface area contributed by atoms with Crippen LogP contribution in [-0.4, -0.2) is 19.1 Å². The van der Waals surface area contributed by atoms with E-state index >= 15 is 0 Å². The number of ether oxygens (including phenoxy) is 2. The lowest BCUT2D eigenvalue weighted by molar-refractivity contribution is -0.125. The third-order valence-electron chi connectivity index (χ3n) is 4.32. The zero-order valence-corrected chi connectivity index (χ0v) is 17.3. The molecule has 0 saturated carbocycles. The van der Waals surface area contributed by atoms with Crippen LogP contribution in [0.2, 0.25) is 0 Å². The Morgan fingerprint density at radius 3 is 2.48 bits per heavy atom. The van der Waals surface area contributed by atoms with Crippen LogP contribution in [-0.2, 0) is 11.3 Å². The summed E-state index contributed by atoms with van der Waals surface area (Å²) in [5.41, 5.74) is 7.45. The first-order valence-corrected chi connectivity index (χ1v) is 9.21. The molecule has 0 aliphatic heterocycles. The van der Waals surface area contributed by atoms with E-state index in [0.717, 1.165) is 12.0 Å². The topological polar surface area (TPSA) is 73.6 Å². The molecule has 5 nitrogen and oxygen atoms in total. The predicted molar refractivity (Wildman–Crippen MR) is 110 cm³/mol. The minimum Gasteiger partial charge on any atom is -0.493 e. The Balaban J connectivity index is 0.00000420. The third kappa shape index (κ3) is 7.51. The number of carbonyl (C=O) groups excluding carboxylic acids is 1. The normalized spacial score (nSPS) is 12.6. The van der Waals surface area contributed by atoms with Crippen LogP contribution in [0.15, 0.2) is 48.5 Å². The number of hydrogen-bond acceptors (Lipinski definition) is 4. The molecule has 0 heterocycles. The molecule has 0 radical (unpaired) electrons. The average Bonchev–Trinajstić information content (AvgIpc) is 2.70. The van der Waals surface area contributed by atoms with Gasteiger partial charge in [-0.3, -0.25) is 4.79 Å². The highest BCUT2D eigenvalue weighted by molar-refractivity contribution is 5.85. The Morgan fingerprint density at radius 1 is 1.17 bits per heavy atom. The van der Waals surface area contributed by atoms with E-state index in [1.54, 1.807) is 19.1 Å². The van der Waals surface area contributed by atoms with Crippen LogP contribution >= 0.6 is 12.4 Å². The van der Waals surface area contributed by atoms with E-state index in [-0.39, 0.29) is 30.6 Å². The van der Waals surface area contributed by atoms with Gasteiger partial charge >= 0.3 is 6.61 Å². The van der Waals surface area contributed by atoms with Crippen LogP contribution in [0.5, 0.6) is 11.5 Å². The number of amides is 1. The van der Waals surface area contributed by atoms with E-state index in [1.807, 2.05) is 37.3 Å². The first kappa shape index (κ1) is 24.7. The van der Waals surface area contributed by atoms with E-state index in [1.165, 1.54) is 6.07 Å². The van der Waals surface area contributed by atoms with E-state index in [9.17, 15) is 13.6 Å². The van der Waals surface area contributed by atoms with Crippen LogP contribution < -0.4 is 20.5 Å². The van der Waals surface area contributed by atoms with Gasteiger partial charge in [-0.05, 0) is 24.1 Å². The van der Waals surface area contributed by atoms with Gasteiger partial charge in [0.1, 0.15) is 11.5 Å². The molecule has 0 saturated heterocycles. The molecule has 2 aromatic carbocycles. The number of hydrogen-bond donors (Lipinski definition) is 2. The number of benzene rings is 2. The van der Waals surface area contributed by atoms with Gasteiger partial charge in [0, 0.05) is 24.2 Å². The molecule has 2 rings (SSSR count). The van der Waals surface area contributed by atoms with Gasteiger partial charge in [-0.2, -0.15) is 8.78 Å². The van der Waals surface area contributed by atoms with Crippen molar-refractivity contribution in [2.75, 3.05) is 6.61 Å². The van der Waals surface area contributed by atoms with Crippen molar-refractivity contribution in [3.05, 3.63) is 59.7 Å². The quantitative estimate of drug-likeness (QED) is 0.586. The predicted octanol–water partition coefficient (Wildman–Crippen LogP) is 4.45. The average molecular weight is 429 g/mol. The zero-order chi connectivity index (χ0) is 20.5. The fraction of sp³-hybridized carbons (Fsp3) is 0.381. The summed E-state index contributed by atoms with van der Waals surface area (Å²) in [6, 6.07) is 13.5. The fourth-order valence-electron chi connectivity index (χ4n) is 2.67. The highest BCUT2D eigenvalue weighted by Crippen LogP contribution is 2.27. The number of nitrogens with one attached hydrogen (secondary N) is 1. The third-order valence-corrected chi connectivity index (χ3v) is 4.32. The fourth-order valence-corrected chi connectivity index (χ4v) is 2.67. The molecule has 2 atom stereocenters. The van der Waals surface area contributed by atoms with Gasteiger partial charge in [-0.15, -0.1) is 12.4 Å². The molecule has 0 spiro atoms. The molecular formula is C21H27ClF2N2O3. The number of halogens is 3. The lowest BCUT2D eigenvalue weighted by Gasteiger charge is -2.20. The zero-order valence-electron chi connectivity index (χ0n) is 16.4. The lowest BCUT2D eigenvalue weighted by Crippen LogP contribution is -2.35. The van der Waals surface area contributed by atoms with Gasteiger partial charge in [0.05, 0.1) is 12.5 Å². The Morgan fingerprint density at radius 2 is 1.86 bits per heavy atom. The molecular weight excluding hydrogens is 402 g/mol. The van der Waals surface area contributed by atoms with Crippen molar-refractivity contribution >= 4 is 18.3 Å². The highest BCUT2D eigenvalue weighted by Gasteiger charge is 2.22. The van der Waals surface area contributed by atoms with Crippen molar-refractivity contribution < 1.29 is 23.0 Å². The molecule has 0 aliphatic carbocycles. The number of carbonyl (C=O) groups is 1. The van der Waals surface area contributed by atoms with Crippen molar-refractivity contribution in [1.29, 1.82) is 0 Å². The molecule has 1 amide bonds. The lowest BCUT2D eigenvalue weighted by atomic mass is 9.94. The van der Waals surface area contributed by atoms with Gasteiger partial charge in [-0.1, -0.05) is 44.2 Å². The maximum atomic E-state index is 12.7. The van der Waals surface area contributed by atoms with E-state index in [2.05, 4.69) is 10.1 Å². The summed E-state index contributed by atoms with van der Waals surface area (Å²) >= 11 is 0. The summed E-state index contributed by atoms with van der Waals surface area (Å²) in [4.78, 5) is 12.5. The van der Waals surface area contributed by atoms with E-state index in [4.69, 9.17) is 10.5 Å². The second-order valence-electron chi connectivity index (χ2n) is 6.44. The molecule has 29 heavy (non-hydrogen) atoms. The van der Waals surface area contributed by atoms with E-state index in [0.29, 0.717) is 17.9 Å². The summed E-state index contributed by atoms with van der Waals surface area (Å²) < 4.78 is 35.5. The van der Waals surface area contributed by atoms with Gasteiger partial charge in [0.25, 0.3) is 0 Å². The molecule has 160 valence electrons. The number of nitrogens with two attached hydrogens (primary N) is 1. The maximum Gasteiger partial charge on any atom is 0.387 e. The first-order valence-electron chi connectivity index (χ1n) is 9.21. The van der Waals surface area contributed by atoms with Crippen molar-refractivity contribution in [3.8, 4) is 11.5 Å². The summed E-state index contributed by atoms with van der Waals surface area (Å²) in [5, 5.41) is 2.74. The molecule has 8 heteroatoms. The van der Waals surface area contributed by atoms with Crippen LogP contribution in [0.1, 0.15) is 37.4 Å². The Hall–Kier alpha value is -2.38. The highest BCUT2D eigenvalue weighted by atomic mass is 35.5. The molecule has 2 aromatic rings. The minimum absolute atomic E-state index is 0. The Labute approximate surface area is 176 Å². The van der Waals surface area contributed by atoms with Crippen molar-refractivity contribution in [1.82, 2.24) is 5.32 Å². The van der Waals surface area contributed by atoms with Crippen molar-refractivity contribution in [2.24, 2.45) is 11.7 Å². The van der Waals surface area contributed by atoms with E-state index < -0.39 is 18.6 Å². The second kappa shape index (κ2) is 12.2. The SMILES string of the molecule is CCCOc1ccc(CNC(=O)C(C)C(N)c2ccccc2)c(OC(F)F)c1.Cl. The molecule has 0 aliphatic rings. The summed E-state index contributed by atoms with van der Waals surface area (Å²) in [7, 11) is 0. The minimum atomic E-state index is -2.97. The van der Waals surface area contributed by atoms with Gasteiger partial charge in [-0.25, -0.2) is 0 Å². The van der Waals surface area contributed by atoms with Gasteiger partial charge in [0.2, 0.25) is 5.91 Å². The molecule has 0 aromatic heterocycles. The van der Waals surface area contributed by atoms with Gasteiger partial charge < -0.3 is 20.5 Å². The summed E-state index contributed by atoms with van der Waals surface area (Å²) in [6.45, 7) is 1.22. The van der Waals surface area contributed by atoms with Crippen LogP contribution in [0, 0.1) is 5.92 Å². The molecule has 0 fully saturated rings. The molecule has 0 bridgehead atoms. The second-order valence-corrected chi connectivity index (χ2v) is 6.44. The smallest absolute Gasteiger partial charge is 0.387 e. The van der Waals surface area contributed by atoms with Gasteiger partial charge in [0.15, 0.2) is 0 Å². The van der Waals surface area contributed by atoms with Crippen LogP contribution in [0.4, 0.5) is 8.78 Å². The summed E-state index contributed by atoms with van der Waals surface area (Å²) in [5.74, 6) is -0.351. The Bertz CT molecular complexity index is 763. The number of alkyl halides is 2. The van der Waals surface area contributed by atoms with Crippen molar-refractivity contribution in [3.63, 3.8) is 0 Å². The standard InChI is InChI=1S/C21H26F2N2O3.ClH/c1-3-11-27-17-10-9-16(18(12-17)28-21(22)23)13-25-20(26)14(2)19(24)15-7-5-4-6-8-15;/h4-10,12,14,19,21H,3,11,13,24H2,1-2H3,(H,25,26);1H. The molecule has 3 N–H and O–H groups in total. The largest absolute Gasteiger partial charge is 0.493 e.